The van der Waals surface area contributed by atoms with Gasteiger partial charge in [0.2, 0.25) is 0 Å². The third-order valence-electron chi connectivity index (χ3n) is 5.70. The van der Waals surface area contributed by atoms with E-state index in [-0.39, 0.29) is 11.3 Å². The van der Waals surface area contributed by atoms with Crippen molar-refractivity contribution in [2.45, 2.75) is 38.0 Å². The van der Waals surface area contributed by atoms with E-state index in [1.165, 1.54) is 0 Å². The maximum absolute atomic E-state index is 6.15. The van der Waals surface area contributed by atoms with Crippen molar-refractivity contribution in [3.05, 3.63) is 60.7 Å². The van der Waals surface area contributed by atoms with Gasteiger partial charge in [0.15, 0.2) is 0 Å². The normalized spacial score (nSPS) is 14.6. The Morgan fingerprint density at radius 1 is 0.621 bits per heavy atom. The summed E-state index contributed by atoms with van der Waals surface area (Å²) < 4.78 is 24.6. The van der Waals surface area contributed by atoms with E-state index in [1.807, 2.05) is 36.4 Å². The minimum absolute atomic E-state index is 0.0331. The van der Waals surface area contributed by atoms with Gasteiger partial charge in [-0.25, -0.2) is 0 Å². The van der Waals surface area contributed by atoms with E-state index in [4.69, 9.17) is 17.7 Å². The lowest BCUT2D eigenvalue weighted by Crippen LogP contribution is -2.73. The second-order valence-electron chi connectivity index (χ2n) is 6.97. The predicted molar refractivity (Wildman–Crippen MR) is 123 cm³/mol. The zero-order valence-electron chi connectivity index (χ0n) is 18.5. The number of nitrogens with one attached hydrogen (secondary N) is 1. The standard InChI is InChI=1S/C22H35NO4Si2/c1-7-21(28(24-3,25-4)19-15-11-9-12-16-19)23-22(8-2)29(26-5,27-6)20-17-13-10-14-18-20/h9-18,21-23H,7-8H2,1-6H3. The first-order valence-corrected chi connectivity index (χ1v) is 13.9. The Labute approximate surface area is 177 Å². The Hall–Kier alpha value is -1.33. The van der Waals surface area contributed by atoms with Gasteiger partial charge in [0.25, 0.3) is 0 Å². The molecule has 2 aromatic rings. The number of rotatable bonds is 12. The van der Waals surface area contributed by atoms with Crippen molar-refractivity contribution in [1.82, 2.24) is 5.32 Å². The molecule has 1 N–H and O–H groups in total. The van der Waals surface area contributed by atoms with E-state index in [2.05, 4.69) is 43.4 Å². The predicted octanol–water partition coefficient (Wildman–Crippen LogP) is 2.50. The molecule has 0 saturated carbocycles. The third kappa shape index (κ3) is 4.72. The fraction of sp³-hybridized carbons (Fsp3) is 0.455. The molecule has 0 aliphatic heterocycles. The van der Waals surface area contributed by atoms with Crippen LogP contribution in [-0.4, -0.2) is 56.9 Å². The zero-order valence-corrected chi connectivity index (χ0v) is 20.5. The smallest absolute Gasteiger partial charge is 0.389 e. The van der Waals surface area contributed by atoms with Crippen LogP contribution >= 0.6 is 0 Å². The molecule has 2 unspecified atom stereocenters. The molecule has 2 atom stereocenters. The molecule has 2 rings (SSSR count). The molecule has 0 aliphatic rings. The Bertz CT molecular complexity index is 648. The summed E-state index contributed by atoms with van der Waals surface area (Å²) in [5, 5.41) is 6.08. The molecule has 5 nitrogen and oxygen atoms in total. The average Bonchev–Trinajstić information content (AvgIpc) is 2.80. The van der Waals surface area contributed by atoms with E-state index in [9.17, 15) is 0 Å². The topological polar surface area (TPSA) is 49.0 Å². The molecule has 0 fully saturated rings. The summed E-state index contributed by atoms with van der Waals surface area (Å²) in [6, 6.07) is 20.6. The molecule has 160 valence electrons. The minimum atomic E-state index is -2.73. The quantitative estimate of drug-likeness (QED) is 0.521. The first kappa shape index (κ1) is 23.9. The summed E-state index contributed by atoms with van der Waals surface area (Å²) in [7, 11) is 1.54. The van der Waals surface area contributed by atoms with Crippen LogP contribution in [0.3, 0.4) is 0 Å². The van der Waals surface area contributed by atoms with Gasteiger partial charge in [0.05, 0.1) is 11.3 Å². The highest BCUT2D eigenvalue weighted by molar-refractivity contribution is 6.84. The van der Waals surface area contributed by atoms with Crippen molar-refractivity contribution in [3.8, 4) is 0 Å². The van der Waals surface area contributed by atoms with Gasteiger partial charge in [-0.05, 0) is 23.2 Å². The van der Waals surface area contributed by atoms with Gasteiger partial charge in [-0.3, -0.25) is 0 Å². The third-order valence-corrected chi connectivity index (χ3v) is 13.4. The van der Waals surface area contributed by atoms with Crippen LogP contribution in [0.4, 0.5) is 0 Å². The molecule has 7 heteroatoms. The first-order chi connectivity index (χ1) is 14.1. The van der Waals surface area contributed by atoms with Gasteiger partial charge in [-0.15, -0.1) is 0 Å². The summed E-state index contributed by atoms with van der Waals surface area (Å²) in [5.74, 6) is 0. The fourth-order valence-electron chi connectivity index (χ4n) is 4.19. The average molecular weight is 434 g/mol. The Morgan fingerprint density at radius 3 is 1.17 bits per heavy atom. The first-order valence-electron chi connectivity index (χ1n) is 10.2. The van der Waals surface area contributed by atoms with Crippen molar-refractivity contribution in [3.63, 3.8) is 0 Å². The van der Waals surface area contributed by atoms with Crippen molar-refractivity contribution in [2.24, 2.45) is 0 Å². The van der Waals surface area contributed by atoms with Gasteiger partial charge >= 0.3 is 17.1 Å². The number of benzene rings is 2. The zero-order chi connectivity index (χ0) is 21.3. The van der Waals surface area contributed by atoms with Crippen LogP contribution < -0.4 is 15.7 Å². The van der Waals surface area contributed by atoms with Gasteiger partial charge < -0.3 is 23.0 Å². The van der Waals surface area contributed by atoms with Gasteiger partial charge in [-0.2, -0.15) is 0 Å². The Kier molecular flexibility index (Phi) is 9.22. The van der Waals surface area contributed by atoms with Crippen LogP contribution in [0.5, 0.6) is 0 Å². The second-order valence-corrected chi connectivity index (χ2v) is 13.8. The number of hydrogen-bond acceptors (Lipinski definition) is 5. The van der Waals surface area contributed by atoms with Crippen LogP contribution in [-0.2, 0) is 17.7 Å². The molecule has 2 aromatic carbocycles. The van der Waals surface area contributed by atoms with E-state index in [0.717, 1.165) is 23.2 Å². The summed E-state index contributed by atoms with van der Waals surface area (Å²) in [6.07, 6.45) is 1.73. The summed E-state index contributed by atoms with van der Waals surface area (Å²) in [4.78, 5) is 0. The second kappa shape index (κ2) is 11.2. The molecular formula is C22H35NO4Si2. The Morgan fingerprint density at radius 2 is 0.931 bits per heavy atom. The van der Waals surface area contributed by atoms with E-state index < -0.39 is 17.1 Å². The van der Waals surface area contributed by atoms with Crippen LogP contribution in [0.15, 0.2) is 60.7 Å². The fourth-order valence-corrected chi connectivity index (χ4v) is 10.8. The highest BCUT2D eigenvalue weighted by atomic mass is 28.4. The van der Waals surface area contributed by atoms with Crippen molar-refractivity contribution < 1.29 is 17.7 Å². The van der Waals surface area contributed by atoms with Gasteiger partial charge in [-0.1, -0.05) is 74.5 Å². The molecule has 0 amide bonds. The van der Waals surface area contributed by atoms with E-state index in [0.29, 0.717) is 0 Å². The van der Waals surface area contributed by atoms with Gasteiger partial charge in [0, 0.05) is 28.4 Å². The van der Waals surface area contributed by atoms with Crippen LogP contribution in [0.1, 0.15) is 26.7 Å². The molecule has 0 heterocycles. The summed E-state index contributed by atoms with van der Waals surface area (Å²) in [5.41, 5.74) is 0.0662. The Balaban J connectivity index is 2.47. The maximum Gasteiger partial charge on any atom is 0.389 e. The lowest BCUT2D eigenvalue weighted by atomic mass is 10.4. The molecule has 0 saturated heterocycles. The molecule has 0 radical (unpaired) electrons. The molecule has 0 aliphatic carbocycles. The van der Waals surface area contributed by atoms with E-state index in [1.54, 1.807) is 28.4 Å². The monoisotopic (exact) mass is 433 g/mol. The lowest BCUT2D eigenvalue weighted by Gasteiger charge is -2.41. The highest BCUT2D eigenvalue weighted by Crippen LogP contribution is 2.21. The molecular weight excluding hydrogens is 398 g/mol. The van der Waals surface area contributed by atoms with E-state index >= 15 is 0 Å². The molecule has 0 aromatic heterocycles. The van der Waals surface area contributed by atoms with Crippen molar-refractivity contribution >= 4 is 27.5 Å². The molecule has 0 bridgehead atoms. The largest absolute Gasteiger partial charge is 0.393 e. The molecule has 0 spiro atoms. The van der Waals surface area contributed by atoms with Crippen LogP contribution in [0.2, 0.25) is 0 Å². The number of hydrogen-bond donors (Lipinski definition) is 1. The summed E-state index contributed by atoms with van der Waals surface area (Å²) in [6.45, 7) is 4.33. The van der Waals surface area contributed by atoms with Crippen LogP contribution in [0.25, 0.3) is 0 Å². The molecule has 29 heavy (non-hydrogen) atoms. The summed E-state index contributed by atoms with van der Waals surface area (Å²) >= 11 is 0. The highest BCUT2D eigenvalue weighted by Gasteiger charge is 2.52. The lowest BCUT2D eigenvalue weighted by molar-refractivity contribution is 0.216. The maximum atomic E-state index is 6.15. The SMILES string of the molecule is CCC(NC(CC)[Si](OC)(OC)c1ccccc1)[Si](OC)(OC)c1ccccc1. The minimum Gasteiger partial charge on any atom is -0.393 e. The van der Waals surface area contributed by atoms with Crippen molar-refractivity contribution in [2.75, 3.05) is 28.4 Å². The van der Waals surface area contributed by atoms with Gasteiger partial charge in [0.1, 0.15) is 0 Å². The van der Waals surface area contributed by atoms with Crippen LogP contribution in [0, 0.1) is 0 Å². The van der Waals surface area contributed by atoms with Crippen molar-refractivity contribution in [1.29, 1.82) is 0 Å².